The molecule has 4 heteroatoms. The summed E-state index contributed by atoms with van der Waals surface area (Å²) in [5.74, 6) is 0. The lowest BCUT2D eigenvalue weighted by molar-refractivity contribution is 0.147. The molecule has 1 fully saturated rings. The van der Waals surface area contributed by atoms with Crippen LogP contribution < -0.4 is 16.0 Å². The Morgan fingerprint density at radius 1 is 1.17 bits per heavy atom. The van der Waals surface area contributed by atoms with Crippen LogP contribution >= 0.6 is 0 Å². The van der Waals surface area contributed by atoms with E-state index in [1.807, 2.05) is 12.1 Å². The molecule has 4 nitrogen and oxygen atoms in total. The Balaban J connectivity index is 1.79. The molecule has 3 N–H and O–H groups in total. The maximum absolute atomic E-state index is 12.2. The molecular weight excluding hydrogens is 286 g/mol. The van der Waals surface area contributed by atoms with E-state index in [1.54, 1.807) is 0 Å². The van der Waals surface area contributed by atoms with Crippen molar-refractivity contribution in [2.45, 2.75) is 71.0 Å². The minimum absolute atomic E-state index is 0.0425. The predicted octanol–water partition coefficient (Wildman–Crippen LogP) is 3.15. The number of aryl methyl sites for hydroxylation is 1. The Morgan fingerprint density at radius 2 is 1.78 bits per heavy atom. The fourth-order valence-electron chi connectivity index (χ4n) is 3.86. The molecule has 128 valence electrons. The fraction of sp³-hybridized carbons (Fsp3) is 0.632. The van der Waals surface area contributed by atoms with E-state index in [4.69, 9.17) is 0 Å². The van der Waals surface area contributed by atoms with Crippen LogP contribution in [0.4, 0.5) is 4.79 Å². The number of amides is 2. The van der Waals surface area contributed by atoms with Gasteiger partial charge in [0.15, 0.2) is 0 Å². The van der Waals surface area contributed by atoms with Crippen molar-refractivity contribution in [3.8, 4) is 0 Å². The lowest BCUT2D eigenvalue weighted by Gasteiger charge is -2.46. The van der Waals surface area contributed by atoms with Crippen molar-refractivity contribution in [1.29, 1.82) is 0 Å². The molecule has 2 amide bonds. The predicted molar refractivity (Wildman–Crippen MR) is 95.7 cm³/mol. The number of carbonyl (C=O) groups excluding carboxylic acids is 1. The summed E-state index contributed by atoms with van der Waals surface area (Å²) in [5, 5.41) is 9.77. The van der Waals surface area contributed by atoms with Gasteiger partial charge in [-0.3, -0.25) is 0 Å². The Kier molecular flexibility index (Phi) is 5.35. The van der Waals surface area contributed by atoms with Gasteiger partial charge in [0.2, 0.25) is 0 Å². The number of hydrogen-bond acceptors (Lipinski definition) is 2. The van der Waals surface area contributed by atoms with Gasteiger partial charge < -0.3 is 16.0 Å². The Bertz CT molecular complexity index is 535. The van der Waals surface area contributed by atoms with E-state index in [2.05, 4.69) is 62.7 Å². The monoisotopic (exact) mass is 317 g/mol. The van der Waals surface area contributed by atoms with Gasteiger partial charge in [-0.15, -0.1) is 0 Å². The summed E-state index contributed by atoms with van der Waals surface area (Å²) < 4.78 is 0. The van der Waals surface area contributed by atoms with E-state index in [-0.39, 0.29) is 23.2 Å². The van der Waals surface area contributed by atoms with E-state index in [0.717, 1.165) is 19.3 Å². The number of rotatable bonds is 4. The van der Waals surface area contributed by atoms with Gasteiger partial charge in [-0.05, 0) is 65.0 Å². The molecule has 1 aromatic carbocycles. The quantitative estimate of drug-likeness (QED) is 0.799. The first kappa shape index (κ1) is 17.8. The topological polar surface area (TPSA) is 53.2 Å². The normalized spacial score (nSPS) is 20.0. The van der Waals surface area contributed by atoms with Crippen molar-refractivity contribution in [2.75, 3.05) is 6.54 Å². The van der Waals surface area contributed by atoms with Crippen molar-refractivity contribution < 1.29 is 4.79 Å². The van der Waals surface area contributed by atoms with Crippen LogP contribution in [0.3, 0.4) is 0 Å². The van der Waals surface area contributed by atoms with Gasteiger partial charge in [0.25, 0.3) is 0 Å². The molecule has 23 heavy (non-hydrogen) atoms. The molecule has 1 aromatic rings. The minimum Gasteiger partial charge on any atom is -0.338 e. The molecule has 0 atom stereocenters. The van der Waals surface area contributed by atoms with Crippen LogP contribution in [-0.2, 0) is 6.42 Å². The van der Waals surface area contributed by atoms with Crippen molar-refractivity contribution in [3.05, 3.63) is 35.4 Å². The third kappa shape index (κ3) is 5.54. The Hall–Kier alpha value is -1.55. The third-order valence-electron chi connectivity index (χ3n) is 4.47. The second-order valence-electron chi connectivity index (χ2n) is 8.07. The lowest BCUT2D eigenvalue weighted by Crippen LogP contribution is -2.62. The fourth-order valence-corrected chi connectivity index (χ4v) is 3.86. The highest BCUT2D eigenvalue weighted by Gasteiger charge is 2.38. The zero-order valence-electron chi connectivity index (χ0n) is 15.1. The second kappa shape index (κ2) is 6.91. The first-order chi connectivity index (χ1) is 10.7. The van der Waals surface area contributed by atoms with E-state index in [1.165, 1.54) is 11.1 Å². The van der Waals surface area contributed by atoms with Crippen molar-refractivity contribution >= 4 is 6.03 Å². The third-order valence-corrected chi connectivity index (χ3v) is 4.47. The first-order valence-corrected chi connectivity index (χ1v) is 8.55. The number of urea groups is 1. The lowest BCUT2D eigenvalue weighted by atomic mass is 9.80. The maximum Gasteiger partial charge on any atom is 0.315 e. The maximum atomic E-state index is 12.2. The van der Waals surface area contributed by atoms with E-state index in [0.29, 0.717) is 6.54 Å². The van der Waals surface area contributed by atoms with E-state index in [9.17, 15) is 4.79 Å². The SMILES string of the molecule is Cc1ccccc1CCNC(=O)NC1CC(C)(C)NC(C)(C)C1. The summed E-state index contributed by atoms with van der Waals surface area (Å²) in [6.07, 6.45) is 2.76. The molecule has 0 spiro atoms. The highest BCUT2D eigenvalue weighted by molar-refractivity contribution is 5.74. The molecule has 2 rings (SSSR count). The average Bonchev–Trinajstić information content (AvgIpc) is 2.37. The van der Waals surface area contributed by atoms with Crippen molar-refractivity contribution in [1.82, 2.24) is 16.0 Å². The molecule has 1 heterocycles. The number of carbonyl (C=O) groups is 1. The van der Waals surface area contributed by atoms with Crippen molar-refractivity contribution in [2.24, 2.45) is 0 Å². The standard InChI is InChI=1S/C19H31N3O/c1-14-8-6-7-9-15(14)10-11-20-17(23)21-16-12-18(2,3)22-19(4,5)13-16/h6-9,16,22H,10-13H2,1-5H3,(H2,20,21,23). The average molecular weight is 317 g/mol. The van der Waals surface area contributed by atoms with Gasteiger partial charge in [0.05, 0.1) is 0 Å². The highest BCUT2D eigenvalue weighted by Crippen LogP contribution is 2.28. The Morgan fingerprint density at radius 3 is 2.39 bits per heavy atom. The molecule has 0 aromatic heterocycles. The molecule has 0 radical (unpaired) electrons. The summed E-state index contributed by atoms with van der Waals surface area (Å²) in [6, 6.07) is 8.46. The first-order valence-electron chi connectivity index (χ1n) is 8.55. The van der Waals surface area contributed by atoms with Gasteiger partial charge in [0.1, 0.15) is 0 Å². The molecule has 0 bridgehead atoms. The van der Waals surface area contributed by atoms with Crippen LogP contribution in [0.15, 0.2) is 24.3 Å². The summed E-state index contributed by atoms with van der Waals surface area (Å²) in [4.78, 5) is 12.2. The van der Waals surface area contributed by atoms with Gasteiger partial charge >= 0.3 is 6.03 Å². The molecule has 0 saturated carbocycles. The number of piperidine rings is 1. The minimum atomic E-state index is -0.0583. The largest absolute Gasteiger partial charge is 0.338 e. The van der Waals surface area contributed by atoms with Crippen LogP contribution in [0, 0.1) is 6.92 Å². The van der Waals surface area contributed by atoms with E-state index >= 15 is 0 Å². The highest BCUT2D eigenvalue weighted by atomic mass is 16.2. The molecule has 1 aliphatic rings. The van der Waals surface area contributed by atoms with Gasteiger partial charge in [-0.25, -0.2) is 4.79 Å². The smallest absolute Gasteiger partial charge is 0.315 e. The molecule has 0 unspecified atom stereocenters. The van der Waals surface area contributed by atoms with Gasteiger partial charge in [-0.1, -0.05) is 24.3 Å². The Labute approximate surface area is 140 Å². The summed E-state index contributed by atoms with van der Waals surface area (Å²) in [6.45, 7) is 11.5. The van der Waals surface area contributed by atoms with Crippen LogP contribution in [0.2, 0.25) is 0 Å². The van der Waals surface area contributed by atoms with Crippen LogP contribution in [0.25, 0.3) is 0 Å². The summed E-state index contributed by atoms with van der Waals surface area (Å²) >= 11 is 0. The number of nitrogens with one attached hydrogen (secondary N) is 3. The van der Waals surface area contributed by atoms with Crippen molar-refractivity contribution in [3.63, 3.8) is 0 Å². The number of hydrogen-bond donors (Lipinski definition) is 3. The summed E-state index contributed by atoms with van der Waals surface area (Å²) in [5.41, 5.74) is 2.65. The van der Waals surface area contributed by atoms with Crippen LogP contribution in [0.5, 0.6) is 0 Å². The van der Waals surface area contributed by atoms with Gasteiger partial charge in [0, 0.05) is 23.7 Å². The molecule has 1 aliphatic heterocycles. The molecule has 0 aliphatic carbocycles. The second-order valence-corrected chi connectivity index (χ2v) is 8.07. The van der Waals surface area contributed by atoms with Gasteiger partial charge in [-0.2, -0.15) is 0 Å². The molecule has 1 saturated heterocycles. The number of benzene rings is 1. The summed E-state index contributed by atoms with van der Waals surface area (Å²) in [7, 11) is 0. The van der Waals surface area contributed by atoms with E-state index < -0.39 is 0 Å². The molecular formula is C19H31N3O. The zero-order chi connectivity index (χ0) is 17.1. The van der Waals surface area contributed by atoms with Crippen LogP contribution in [-0.4, -0.2) is 29.7 Å². The zero-order valence-corrected chi connectivity index (χ0v) is 15.1. The van der Waals surface area contributed by atoms with Crippen LogP contribution in [0.1, 0.15) is 51.7 Å².